The third-order valence-electron chi connectivity index (χ3n) is 6.03. The van der Waals surface area contributed by atoms with Gasteiger partial charge in [0, 0.05) is 18.7 Å². The number of aryl methyl sites for hydroxylation is 1. The second kappa shape index (κ2) is 8.97. The van der Waals surface area contributed by atoms with Crippen LogP contribution in [-0.2, 0) is 4.74 Å². The molecule has 2 heterocycles. The van der Waals surface area contributed by atoms with Crippen molar-refractivity contribution in [3.8, 4) is 5.75 Å². The fourth-order valence-corrected chi connectivity index (χ4v) is 4.56. The number of hydrogen-bond donors (Lipinski definition) is 0. The maximum absolute atomic E-state index is 13.5. The topological polar surface area (TPSA) is 42.0 Å². The van der Waals surface area contributed by atoms with Gasteiger partial charge < -0.3 is 19.3 Å². The minimum absolute atomic E-state index is 0.0208. The Labute approximate surface area is 173 Å². The van der Waals surface area contributed by atoms with E-state index in [9.17, 15) is 4.79 Å². The first-order valence-electron chi connectivity index (χ1n) is 10.5. The summed E-state index contributed by atoms with van der Waals surface area (Å²) in [5.74, 6) is 0.856. The minimum atomic E-state index is -0.0829. The van der Waals surface area contributed by atoms with Crippen molar-refractivity contribution in [2.75, 3.05) is 39.9 Å². The third kappa shape index (κ3) is 4.31. The molecule has 2 saturated heterocycles. The number of amides is 1. The SMILES string of the molecule is COc1ccc(C(=O)N2CCO[C@@H](CN3CCCC3)[C@@H]2c2ccccc2)cc1C. The number of methoxy groups -OCH3 is 1. The highest BCUT2D eigenvalue weighted by molar-refractivity contribution is 5.95. The van der Waals surface area contributed by atoms with Crippen molar-refractivity contribution < 1.29 is 14.3 Å². The summed E-state index contributed by atoms with van der Waals surface area (Å²) in [5.41, 5.74) is 2.80. The molecule has 1 amide bonds. The summed E-state index contributed by atoms with van der Waals surface area (Å²) in [5, 5.41) is 0. The molecule has 0 unspecified atom stereocenters. The van der Waals surface area contributed by atoms with E-state index in [0.717, 1.165) is 36.5 Å². The number of benzene rings is 2. The minimum Gasteiger partial charge on any atom is -0.496 e. The van der Waals surface area contributed by atoms with Crippen LogP contribution in [0.4, 0.5) is 0 Å². The highest BCUT2D eigenvalue weighted by Crippen LogP contribution is 2.32. The summed E-state index contributed by atoms with van der Waals surface area (Å²) in [6.07, 6.45) is 2.47. The number of likely N-dealkylation sites (tertiary alicyclic amines) is 1. The Kier molecular flexibility index (Phi) is 6.16. The van der Waals surface area contributed by atoms with Crippen LogP contribution < -0.4 is 4.74 Å². The standard InChI is InChI=1S/C24H30N2O3/c1-18-16-20(10-11-21(18)28-2)24(27)26-14-15-29-22(17-25-12-6-7-13-25)23(26)19-8-4-3-5-9-19/h3-5,8-11,16,22-23H,6-7,12-15,17H2,1-2H3/t22-,23-/m0/s1. The normalized spacial score (nSPS) is 22.6. The van der Waals surface area contributed by atoms with E-state index in [1.54, 1.807) is 7.11 Å². The molecule has 5 nitrogen and oxygen atoms in total. The highest BCUT2D eigenvalue weighted by atomic mass is 16.5. The highest BCUT2D eigenvalue weighted by Gasteiger charge is 2.38. The van der Waals surface area contributed by atoms with Gasteiger partial charge in [0.15, 0.2) is 0 Å². The number of nitrogens with zero attached hydrogens (tertiary/aromatic N) is 2. The van der Waals surface area contributed by atoms with Gasteiger partial charge in [0.25, 0.3) is 5.91 Å². The van der Waals surface area contributed by atoms with Crippen LogP contribution in [0.2, 0.25) is 0 Å². The van der Waals surface area contributed by atoms with Gasteiger partial charge in [-0.05, 0) is 62.2 Å². The molecule has 0 aromatic heterocycles. The number of carbonyl (C=O) groups excluding carboxylic acids is 1. The van der Waals surface area contributed by atoms with Crippen LogP contribution in [0.3, 0.4) is 0 Å². The molecular weight excluding hydrogens is 364 g/mol. The number of hydrogen-bond acceptors (Lipinski definition) is 4. The van der Waals surface area contributed by atoms with Gasteiger partial charge in [-0.3, -0.25) is 4.79 Å². The molecule has 0 bridgehead atoms. The second-order valence-electron chi connectivity index (χ2n) is 7.96. The van der Waals surface area contributed by atoms with Crippen molar-refractivity contribution in [3.63, 3.8) is 0 Å². The lowest BCUT2D eigenvalue weighted by Gasteiger charge is -2.43. The Bertz CT molecular complexity index is 833. The first-order valence-corrected chi connectivity index (χ1v) is 10.5. The fraction of sp³-hybridized carbons (Fsp3) is 0.458. The third-order valence-corrected chi connectivity index (χ3v) is 6.03. The molecule has 5 heteroatoms. The summed E-state index contributed by atoms with van der Waals surface area (Å²) in [6.45, 7) is 6.24. The predicted octanol–water partition coefficient (Wildman–Crippen LogP) is 3.68. The molecule has 0 N–H and O–H groups in total. The molecule has 2 aliphatic heterocycles. The number of morpholine rings is 1. The Morgan fingerprint density at radius 3 is 2.55 bits per heavy atom. The first-order chi connectivity index (χ1) is 14.2. The van der Waals surface area contributed by atoms with Gasteiger partial charge >= 0.3 is 0 Å². The number of carbonyl (C=O) groups is 1. The average molecular weight is 395 g/mol. The largest absolute Gasteiger partial charge is 0.496 e. The molecule has 29 heavy (non-hydrogen) atoms. The fourth-order valence-electron chi connectivity index (χ4n) is 4.56. The van der Waals surface area contributed by atoms with Crippen LogP contribution >= 0.6 is 0 Å². The predicted molar refractivity (Wildman–Crippen MR) is 113 cm³/mol. The molecule has 2 fully saturated rings. The molecule has 0 spiro atoms. The molecule has 2 aromatic carbocycles. The van der Waals surface area contributed by atoms with Crippen molar-refractivity contribution in [2.45, 2.75) is 31.9 Å². The first kappa shape index (κ1) is 19.9. The van der Waals surface area contributed by atoms with Crippen LogP contribution in [0.25, 0.3) is 0 Å². The van der Waals surface area contributed by atoms with E-state index in [-0.39, 0.29) is 18.1 Å². The van der Waals surface area contributed by atoms with Crippen LogP contribution in [-0.4, -0.2) is 61.7 Å². The van der Waals surface area contributed by atoms with E-state index < -0.39 is 0 Å². The van der Waals surface area contributed by atoms with Gasteiger partial charge in [0.05, 0.1) is 25.9 Å². The Morgan fingerprint density at radius 1 is 1.10 bits per heavy atom. The smallest absolute Gasteiger partial charge is 0.254 e. The van der Waals surface area contributed by atoms with Crippen LogP contribution in [0.5, 0.6) is 5.75 Å². The number of rotatable bonds is 5. The summed E-state index contributed by atoms with van der Waals surface area (Å²) < 4.78 is 11.6. The zero-order valence-corrected chi connectivity index (χ0v) is 17.3. The van der Waals surface area contributed by atoms with Gasteiger partial charge in [0.1, 0.15) is 5.75 Å². The molecular formula is C24H30N2O3. The lowest BCUT2D eigenvalue weighted by molar-refractivity contribution is -0.0707. The maximum Gasteiger partial charge on any atom is 0.254 e. The van der Waals surface area contributed by atoms with Crippen LogP contribution in [0.1, 0.15) is 40.4 Å². The maximum atomic E-state index is 13.5. The van der Waals surface area contributed by atoms with Crippen molar-refractivity contribution in [3.05, 3.63) is 65.2 Å². The lowest BCUT2D eigenvalue weighted by Crippen LogP contribution is -2.51. The van der Waals surface area contributed by atoms with Crippen molar-refractivity contribution in [1.29, 1.82) is 0 Å². The van der Waals surface area contributed by atoms with Gasteiger partial charge in [-0.25, -0.2) is 0 Å². The van der Waals surface area contributed by atoms with E-state index in [1.807, 2.05) is 48.2 Å². The zero-order chi connectivity index (χ0) is 20.2. The summed E-state index contributed by atoms with van der Waals surface area (Å²) in [7, 11) is 1.65. The van der Waals surface area contributed by atoms with Crippen molar-refractivity contribution >= 4 is 5.91 Å². The lowest BCUT2D eigenvalue weighted by atomic mass is 9.96. The molecule has 2 atom stereocenters. The molecule has 2 aliphatic rings. The van der Waals surface area contributed by atoms with E-state index in [0.29, 0.717) is 18.7 Å². The van der Waals surface area contributed by atoms with Crippen LogP contribution in [0, 0.1) is 6.92 Å². The molecule has 2 aromatic rings. The van der Waals surface area contributed by atoms with Crippen molar-refractivity contribution in [1.82, 2.24) is 9.80 Å². The number of ether oxygens (including phenoxy) is 2. The van der Waals surface area contributed by atoms with Gasteiger partial charge in [-0.2, -0.15) is 0 Å². The quantitative estimate of drug-likeness (QED) is 0.776. The van der Waals surface area contributed by atoms with E-state index in [1.165, 1.54) is 12.8 Å². The van der Waals surface area contributed by atoms with Gasteiger partial charge in [-0.15, -0.1) is 0 Å². The molecule has 154 valence electrons. The Balaban J connectivity index is 1.64. The van der Waals surface area contributed by atoms with Crippen molar-refractivity contribution in [2.24, 2.45) is 0 Å². The van der Waals surface area contributed by atoms with E-state index in [2.05, 4.69) is 17.0 Å². The monoisotopic (exact) mass is 394 g/mol. The summed E-state index contributed by atoms with van der Waals surface area (Å²) in [4.78, 5) is 18.0. The van der Waals surface area contributed by atoms with E-state index >= 15 is 0 Å². The summed E-state index contributed by atoms with van der Waals surface area (Å²) >= 11 is 0. The molecule has 0 saturated carbocycles. The van der Waals surface area contributed by atoms with E-state index in [4.69, 9.17) is 9.47 Å². The average Bonchev–Trinajstić information content (AvgIpc) is 3.26. The molecule has 0 radical (unpaired) electrons. The van der Waals surface area contributed by atoms with Gasteiger partial charge in [-0.1, -0.05) is 30.3 Å². The Morgan fingerprint density at radius 2 is 1.86 bits per heavy atom. The van der Waals surface area contributed by atoms with Crippen LogP contribution in [0.15, 0.2) is 48.5 Å². The van der Waals surface area contributed by atoms with Gasteiger partial charge in [0.2, 0.25) is 0 Å². The molecule has 4 rings (SSSR count). The Hall–Kier alpha value is -2.37. The second-order valence-corrected chi connectivity index (χ2v) is 7.96. The molecule has 0 aliphatic carbocycles. The summed E-state index contributed by atoms with van der Waals surface area (Å²) in [6, 6.07) is 15.9. The zero-order valence-electron chi connectivity index (χ0n) is 17.3.